The first kappa shape index (κ1) is 21.7. The van der Waals surface area contributed by atoms with Gasteiger partial charge < -0.3 is 19.9 Å². The molecule has 3 rings (SSSR count). The summed E-state index contributed by atoms with van der Waals surface area (Å²) < 4.78 is 5.43. The summed E-state index contributed by atoms with van der Waals surface area (Å²) >= 11 is 5.98. The highest BCUT2D eigenvalue weighted by Crippen LogP contribution is 2.31. The molecule has 0 aromatic heterocycles. The van der Waals surface area contributed by atoms with Gasteiger partial charge in [0.1, 0.15) is 11.3 Å². The number of ether oxygens (including phenoxy) is 1. The number of carbonyl (C=O) groups excluding carboxylic acids is 1. The van der Waals surface area contributed by atoms with Crippen molar-refractivity contribution in [1.29, 1.82) is 0 Å². The summed E-state index contributed by atoms with van der Waals surface area (Å²) in [5.41, 5.74) is 1.53. The number of nitrogens with one attached hydrogen (secondary N) is 1. The van der Waals surface area contributed by atoms with Crippen LogP contribution in [0, 0.1) is 10.1 Å². The Bertz CT molecular complexity index is 920. The zero-order valence-corrected chi connectivity index (χ0v) is 18.0. The molecule has 0 atom stereocenters. The Morgan fingerprint density at radius 1 is 1.10 bits per heavy atom. The van der Waals surface area contributed by atoms with Crippen molar-refractivity contribution in [2.24, 2.45) is 0 Å². The fraction of sp³-hybridized carbons (Fsp3) is 0.381. The molecule has 1 fully saturated rings. The molecule has 2 aromatic carbocycles. The lowest BCUT2D eigenvalue weighted by molar-refractivity contribution is -0.383. The van der Waals surface area contributed by atoms with E-state index in [1.54, 1.807) is 4.90 Å². The van der Waals surface area contributed by atoms with Gasteiger partial charge in [0.25, 0.3) is 5.69 Å². The quantitative estimate of drug-likeness (QED) is 0.537. The molecule has 160 valence electrons. The monoisotopic (exact) mass is 432 g/mol. The number of benzene rings is 2. The first-order valence-corrected chi connectivity index (χ1v) is 10.0. The maximum atomic E-state index is 12.2. The number of amides is 1. The van der Waals surface area contributed by atoms with E-state index < -0.39 is 10.5 Å². The van der Waals surface area contributed by atoms with Gasteiger partial charge in [-0.3, -0.25) is 10.1 Å². The van der Waals surface area contributed by atoms with E-state index in [9.17, 15) is 14.9 Å². The number of rotatable bonds is 4. The van der Waals surface area contributed by atoms with Crippen LogP contribution >= 0.6 is 11.6 Å². The van der Waals surface area contributed by atoms with E-state index in [2.05, 4.69) is 10.2 Å². The van der Waals surface area contributed by atoms with E-state index in [1.165, 1.54) is 18.2 Å². The normalized spacial score (nSPS) is 14.4. The second-order valence-corrected chi connectivity index (χ2v) is 8.48. The van der Waals surface area contributed by atoms with Crippen molar-refractivity contribution in [3.63, 3.8) is 0 Å². The Morgan fingerprint density at radius 2 is 1.73 bits per heavy atom. The fourth-order valence-electron chi connectivity index (χ4n) is 3.15. The zero-order valence-electron chi connectivity index (χ0n) is 17.2. The maximum Gasteiger partial charge on any atom is 0.410 e. The van der Waals surface area contributed by atoms with Crippen LogP contribution in [0.4, 0.5) is 27.5 Å². The van der Waals surface area contributed by atoms with Crippen molar-refractivity contribution in [2.45, 2.75) is 26.4 Å². The predicted octanol–water partition coefficient (Wildman–Crippen LogP) is 5.05. The predicted molar refractivity (Wildman–Crippen MR) is 118 cm³/mol. The molecule has 2 aromatic rings. The minimum Gasteiger partial charge on any atom is -0.444 e. The molecule has 1 heterocycles. The Kier molecular flexibility index (Phi) is 6.36. The summed E-state index contributed by atoms with van der Waals surface area (Å²) in [6.45, 7) is 8.14. The van der Waals surface area contributed by atoms with Crippen molar-refractivity contribution < 1.29 is 14.5 Å². The van der Waals surface area contributed by atoms with Crippen molar-refractivity contribution in [3.8, 4) is 0 Å². The van der Waals surface area contributed by atoms with E-state index in [1.807, 2.05) is 45.0 Å². The summed E-state index contributed by atoms with van der Waals surface area (Å²) in [6.07, 6.45) is -0.287. The number of nitrogens with zero attached hydrogens (tertiary/aromatic N) is 3. The number of anilines is 3. The van der Waals surface area contributed by atoms with E-state index >= 15 is 0 Å². The zero-order chi connectivity index (χ0) is 21.9. The van der Waals surface area contributed by atoms with Crippen LogP contribution in [0.15, 0.2) is 42.5 Å². The number of carbonyl (C=O) groups is 1. The highest BCUT2D eigenvalue weighted by molar-refractivity contribution is 6.31. The maximum absolute atomic E-state index is 12.2. The smallest absolute Gasteiger partial charge is 0.410 e. The lowest BCUT2D eigenvalue weighted by Gasteiger charge is -2.36. The third-order valence-corrected chi connectivity index (χ3v) is 4.83. The van der Waals surface area contributed by atoms with Crippen LogP contribution in [-0.4, -0.2) is 47.7 Å². The molecule has 0 bridgehead atoms. The van der Waals surface area contributed by atoms with Crippen molar-refractivity contribution in [3.05, 3.63) is 57.6 Å². The Labute approximate surface area is 180 Å². The standard InChI is InChI=1S/C21H25ClN4O4/c1-21(2,3)30-20(27)25-12-10-24(11-13-25)17-7-5-16(6-8-17)23-18-14-15(22)4-9-19(18)26(28)29/h4-9,14,23H,10-13H2,1-3H3. The molecular weight excluding hydrogens is 408 g/mol. The number of piperazine rings is 1. The SMILES string of the molecule is CC(C)(C)OC(=O)N1CCN(c2ccc(Nc3cc(Cl)ccc3[N+](=O)[O-])cc2)CC1. The molecule has 1 aliphatic heterocycles. The van der Waals surface area contributed by atoms with Gasteiger partial charge in [-0.05, 0) is 57.2 Å². The second-order valence-electron chi connectivity index (χ2n) is 8.04. The fourth-order valence-corrected chi connectivity index (χ4v) is 3.32. The van der Waals surface area contributed by atoms with Crippen LogP contribution < -0.4 is 10.2 Å². The Morgan fingerprint density at radius 3 is 2.30 bits per heavy atom. The first-order chi connectivity index (χ1) is 14.1. The van der Waals surface area contributed by atoms with Crippen LogP contribution in [0.25, 0.3) is 0 Å². The second kappa shape index (κ2) is 8.79. The van der Waals surface area contributed by atoms with Crippen LogP contribution in [0.5, 0.6) is 0 Å². The van der Waals surface area contributed by atoms with E-state index in [0.717, 1.165) is 11.4 Å². The molecule has 30 heavy (non-hydrogen) atoms. The van der Waals surface area contributed by atoms with Crippen molar-refractivity contribution in [2.75, 3.05) is 36.4 Å². The van der Waals surface area contributed by atoms with Crippen molar-refractivity contribution in [1.82, 2.24) is 4.90 Å². The van der Waals surface area contributed by atoms with Gasteiger partial charge in [-0.2, -0.15) is 0 Å². The lowest BCUT2D eigenvalue weighted by Crippen LogP contribution is -2.50. The highest BCUT2D eigenvalue weighted by Gasteiger charge is 2.26. The summed E-state index contributed by atoms with van der Waals surface area (Å²) in [7, 11) is 0. The average molecular weight is 433 g/mol. The first-order valence-electron chi connectivity index (χ1n) is 9.66. The Balaban J connectivity index is 1.62. The van der Waals surface area contributed by atoms with Gasteiger partial charge >= 0.3 is 6.09 Å². The molecule has 9 heteroatoms. The third-order valence-electron chi connectivity index (χ3n) is 4.60. The molecule has 1 aliphatic rings. The summed E-state index contributed by atoms with van der Waals surface area (Å²) in [5, 5.41) is 14.7. The molecule has 0 spiro atoms. The van der Waals surface area contributed by atoms with Crippen LogP contribution in [0.1, 0.15) is 20.8 Å². The number of nitro groups is 1. The van der Waals surface area contributed by atoms with Gasteiger partial charge in [-0.1, -0.05) is 11.6 Å². The summed E-state index contributed by atoms with van der Waals surface area (Å²) in [5.74, 6) is 0. The van der Waals surface area contributed by atoms with Gasteiger partial charge in [0, 0.05) is 48.6 Å². The number of hydrogen-bond donors (Lipinski definition) is 1. The van der Waals surface area contributed by atoms with Gasteiger partial charge in [0.2, 0.25) is 0 Å². The molecule has 1 saturated heterocycles. The molecule has 8 nitrogen and oxygen atoms in total. The number of halogens is 1. The molecule has 0 saturated carbocycles. The number of nitro benzene ring substituents is 1. The number of hydrogen-bond acceptors (Lipinski definition) is 6. The minimum atomic E-state index is -0.505. The molecule has 1 N–H and O–H groups in total. The minimum absolute atomic E-state index is 0.0401. The molecule has 0 unspecified atom stereocenters. The van der Waals surface area contributed by atoms with Gasteiger partial charge in [0.05, 0.1) is 4.92 Å². The van der Waals surface area contributed by atoms with Crippen molar-refractivity contribution >= 4 is 40.4 Å². The molecular formula is C21H25ClN4O4. The van der Waals surface area contributed by atoms with Gasteiger partial charge in [-0.25, -0.2) is 4.79 Å². The molecule has 0 radical (unpaired) electrons. The summed E-state index contributed by atoms with van der Waals surface area (Å²) in [4.78, 5) is 26.9. The van der Waals surface area contributed by atoms with E-state index in [0.29, 0.717) is 36.9 Å². The Hall–Kier alpha value is -3.00. The molecule has 0 aliphatic carbocycles. The van der Waals surface area contributed by atoms with Crippen LogP contribution in [0.3, 0.4) is 0 Å². The average Bonchev–Trinajstić information content (AvgIpc) is 2.67. The largest absolute Gasteiger partial charge is 0.444 e. The summed E-state index contributed by atoms with van der Waals surface area (Å²) in [6, 6.07) is 12.0. The van der Waals surface area contributed by atoms with Crippen LogP contribution in [-0.2, 0) is 4.74 Å². The topological polar surface area (TPSA) is 88.0 Å². The third kappa shape index (κ3) is 5.54. The van der Waals surface area contributed by atoms with E-state index in [-0.39, 0.29) is 11.8 Å². The van der Waals surface area contributed by atoms with Gasteiger partial charge in [-0.15, -0.1) is 0 Å². The lowest BCUT2D eigenvalue weighted by atomic mass is 10.2. The van der Waals surface area contributed by atoms with Crippen LogP contribution in [0.2, 0.25) is 5.02 Å². The van der Waals surface area contributed by atoms with E-state index in [4.69, 9.17) is 16.3 Å². The van der Waals surface area contributed by atoms with Gasteiger partial charge in [0.15, 0.2) is 0 Å². The highest BCUT2D eigenvalue weighted by atomic mass is 35.5. The molecule has 1 amide bonds.